The summed E-state index contributed by atoms with van der Waals surface area (Å²) in [4.78, 5) is 9.25. The van der Waals surface area contributed by atoms with Crippen LogP contribution in [0, 0.1) is 19.1 Å². The van der Waals surface area contributed by atoms with Crippen LogP contribution >= 0.6 is 0 Å². The number of hydrogen-bond donors (Lipinski definition) is 0. The summed E-state index contributed by atoms with van der Waals surface area (Å²) in [7, 11) is -1.29. The number of pyridine rings is 2. The second-order valence-corrected chi connectivity index (χ2v) is 17.0. The quantitative estimate of drug-likeness (QED) is 0.125. The predicted molar refractivity (Wildman–Crippen MR) is 184 cm³/mol. The van der Waals surface area contributed by atoms with Crippen molar-refractivity contribution in [2.75, 3.05) is 0 Å². The fourth-order valence-corrected chi connectivity index (χ4v) is 5.87. The van der Waals surface area contributed by atoms with Gasteiger partial charge in [0.1, 0.15) is 0 Å². The van der Waals surface area contributed by atoms with Gasteiger partial charge in [0.05, 0.1) is 8.07 Å². The van der Waals surface area contributed by atoms with Gasteiger partial charge in [-0.05, 0) is 33.3 Å². The molecule has 1 unspecified atom stereocenters. The third-order valence-electron chi connectivity index (χ3n) is 7.64. The van der Waals surface area contributed by atoms with E-state index in [1.807, 2.05) is 36.7 Å². The van der Waals surface area contributed by atoms with Crippen LogP contribution < -0.4 is 5.19 Å². The molecule has 0 aliphatic heterocycles. The summed E-state index contributed by atoms with van der Waals surface area (Å²) < 4.78 is 0. The molecule has 1 radical (unpaired) electrons. The van der Waals surface area contributed by atoms with Gasteiger partial charge in [0.25, 0.3) is 0 Å². The Kier molecular flexibility index (Phi) is 11.4. The first-order valence-electron chi connectivity index (χ1n) is 14.8. The van der Waals surface area contributed by atoms with Gasteiger partial charge in [-0.15, -0.1) is 70.8 Å². The molecule has 0 N–H and O–H groups in total. The van der Waals surface area contributed by atoms with Crippen LogP contribution in [0.25, 0.3) is 33.6 Å². The Balaban J connectivity index is 0.000000197. The van der Waals surface area contributed by atoms with Gasteiger partial charge in [0.2, 0.25) is 0 Å². The average molecular weight is 767 g/mol. The van der Waals surface area contributed by atoms with Crippen molar-refractivity contribution in [1.29, 1.82) is 0 Å². The van der Waals surface area contributed by atoms with Crippen molar-refractivity contribution in [2.45, 2.75) is 39.4 Å². The van der Waals surface area contributed by atoms with Gasteiger partial charge in [-0.25, -0.2) is 0 Å². The minimum Gasteiger partial charge on any atom is -0.305 e. The maximum Gasteiger partial charge on any atom is 0.0795 e. The molecule has 0 amide bonds. The summed E-state index contributed by atoms with van der Waals surface area (Å²) in [5.74, 6) is 0.356. The number of benzene rings is 4. The van der Waals surface area contributed by atoms with Crippen molar-refractivity contribution < 1.29 is 20.1 Å². The van der Waals surface area contributed by atoms with Gasteiger partial charge in [0, 0.05) is 38.4 Å². The van der Waals surface area contributed by atoms with Crippen LogP contribution in [0.4, 0.5) is 0 Å². The molecule has 0 bridgehead atoms. The molecule has 6 aromatic rings. The van der Waals surface area contributed by atoms with Crippen LogP contribution in [-0.4, -0.2) is 18.0 Å². The normalized spacial score (nSPS) is 11.5. The van der Waals surface area contributed by atoms with Crippen LogP contribution in [0.3, 0.4) is 0 Å². The number of rotatable bonds is 6. The fraction of sp³-hybridized carbons (Fsp3) is 0.150. The maximum atomic E-state index is 4.65. The van der Waals surface area contributed by atoms with Gasteiger partial charge in [-0.2, -0.15) is 0 Å². The Labute approximate surface area is 277 Å². The molecule has 0 fully saturated rings. The number of aryl methyl sites for hydroxylation is 1. The standard InChI is InChI=1S/C20H20NSi.C20H18N.Ir/c1-22(2,3)19-12-13-20(21-15-19)18-11-7-10-17(14-18)16-8-5-4-6-9-16;1-15-8-10-18(11-9-15)20-13-12-19(14-21-20)16(2)17-6-4-3-5-7-17;/h4-10,12-15H,1-3H3;3-10,12-14,16H,1-2H3;/q2*-1;. The summed E-state index contributed by atoms with van der Waals surface area (Å²) in [6.07, 6.45) is 4.01. The average Bonchev–Trinajstić information content (AvgIpc) is 3.06. The van der Waals surface area contributed by atoms with E-state index in [9.17, 15) is 0 Å². The van der Waals surface area contributed by atoms with E-state index in [0.29, 0.717) is 5.92 Å². The van der Waals surface area contributed by atoms with Crippen LogP contribution in [0.5, 0.6) is 0 Å². The maximum absolute atomic E-state index is 4.65. The van der Waals surface area contributed by atoms with E-state index in [2.05, 4.69) is 153 Å². The van der Waals surface area contributed by atoms with Crippen molar-refractivity contribution in [1.82, 2.24) is 9.97 Å². The fourth-order valence-electron chi connectivity index (χ4n) is 4.84. The van der Waals surface area contributed by atoms with Gasteiger partial charge in [-0.3, -0.25) is 0 Å². The van der Waals surface area contributed by atoms with Crippen LogP contribution in [-0.2, 0) is 20.1 Å². The zero-order valence-electron chi connectivity index (χ0n) is 26.0. The van der Waals surface area contributed by atoms with E-state index in [4.69, 9.17) is 0 Å². The first-order valence-corrected chi connectivity index (χ1v) is 18.3. The summed E-state index contributed by atoms with van der Waals surface area (Å²) in [6, 6.07) is 48.5. The minimum atomic E-state index is -1.29. The van der Waals surface area contributed by atoms with Crippen molar-refractivity contribution in [2.24, 2.45) is 0 Å². The Morgan fingerprint density at radius 2 is 1.27 bits per heavy atom. The molecule has 1 atom stereocenters. The molecule has 4 heteroatoms. The molecule has 0 saturated carbocycles. The molecule has 6 rings (SSSR count). The zero-order valence-corrected chi connectivity index (χ0v) is 29.4. The third-order valence-corrected chi connectivity index (χ3v) is 9.67. The van der Waals surface area contributed by atoms with Crippen LogP contribution in [0.1, 0.15) is 29.5 Å². The molecule has 0 aliphatic rings. The molecule has 2 aromatic heterocycles. The molecular formula is C40H38IrN2Si-2. The molecule has 2 heterocycles. The van der Waals surface area contributed by atoms with E-state index in [-0.39, 0.29) is 20.1 Å². The second kappa shape index (κ2) is 15.2. The van der Waals surface area contributed by atoms with Gasteiger partial charge >= 0.3 is 0 Å². The van der Waals surface area contributed by atoms with Crippen molar-refractivity contribution in [3.8, 4) is 33.6 Å². The molecule has 0 spiro atoms. The first-order chi connectivity index (χ1) is 20.8. The second-order valence-electron chi connectivity index (χ2n) is 11.9. The summed E-state index contributed by atoms with van der Waals surface area (Å²) in [5.41, 5.74) is 10.2. The predicted octanol–water partition coefficient (Wildman–Crippen LogP) is 9.77. The molecule has 4 aromatic carbocycles. The van der Waals surface area contributed by atoms with Crippen molar-refractivity contribution in [3.63, 3.8) is 0 Å². The van der Waals surface area contributed by atoms with E-state index >= 15 is 0 Å². The van der Waals surface area contributed by atoms with Crippen molar-refractivity contribution >= 4 is 13.3 Å². The SMILES string of the molecule is C[Si](C)(C)c1ccc(-c2[c-]ccc(-c3ccccc3)c2)nc1.Cc1c[c-]c(-c2ccc(C(C)c3ccccc3)cn2)cc1.[Ir]. The Bertz CT molecular complexity index is 1730. The topological polar surface area (TPSA) is 25.8 Å². The van der Waals surface area contributed by atoms with Crippen LogP contribution in [0.2, 0.25) is 19.6 Å². The monoisotopic (exact) mass is 767 g/mol. The Hall–Kier alpha value is -3.95. The van der Waals surface area contributed by atoms with Gasteiger partial charge < -0.3 is 9.97 Å². The molecule has 2 nitrogen and oxygen atoms in total. The van der Waals surface area contributed by atoms with Gasteiger partial charge in [0.15, 0.2) is 0 Å². The Morgan fingerprint density at radius 1 is 0.614 bits per heavy atom. The first kappa shape index (κ1) is 32.9. The zero-order chi connectivity index (χ0) is 30.2. The molecular weight excluding hydrogens is 729 g/mol. The molecule has 44 heavy (non-hydrogen) atoms. The largest absolute Gasteiger partial charge is 0.305 e. The van der Waals surface area contributed by atoms with E-state index in [1.165, 1.54) is 33.0 Å². The summed E-state index contributed by atoms with van der Waals surface area (Å²) in [5, 5.41) is 1.38. The Morgan fingerprint density at radius 3 is 1.86 bits per heavy atom. The molecule has 0 aliphatic carbocycles. The third kappa shape index (κ3) is 8.57. The number of nitrogens with zero attached hydrogens (tertiary/aromatic N) is 2. The van der Waals surface area contributed by atoms with Crippen molar-refractivity contribution in [3.05, 3.63) is 163 Å². The van der Waals surface area contributed by atoms with E-state index in [0.717, 1.165) is 22.5 Å². The smallest absolute Gasteiger partial charge is 0.0795 e. The molecule has 223 valence electrons. The number of aromatic nitrogens is 2. The van der Waals surface area contributed by atoms with E-state index < -0.39 is 8.07 Å². The van der Waals surface area contributed by atoms with E-state index in [1.54, 1.807) is 0 Å². The number of hydrogen-bond acceptors (Lipinski definition) is 2. The van der Waals surface area contributed by atoms with Crippen LogP contribution in [0.15, 0.2) is 134 Å². The summed E-state index contributed by atoms with van der Waals surface area (Å²) in [6.45, 7) is 11.3. The molecule has 0 saturated heterocycles. The minimum absolute atomic E-state index is 0. The summed E-state index contributed by atoms with van der Waals surface area (Å²) >= 11 is 0. The van der Waals surface area contributed by atoms with Gasteiger partial charge in [-0.1, -0.05) is 118 Å².